The predicted octanol–water partition coefficient (Wildman–Crippen LogP) is 2.24. The highest BCUT2D eigenvalue weighted by molar-refractivity contribution is 5.96. The minimum Gasteiger partial charge on any atom is -0.292 e. The van der Waals surface area contributed by atoms with Crippen LogP contribution >= 0.6 is 0 Å². The van der Waals surface area contributed by atoms with Crippen LogP contribution in [0.1, 0.15) is 22.8 Å². The van der Waals surface area contributed by atoms with Crippen LogP contribution in [0.25, 0.3) is 10.9 Å². The van der Waals surface area contributed by atoms with Gasteiger partial charge in [0.05, 0.1) is 5.39 Å². The number of ketones is 1. The van der Waals surface area contributed by atoms with Crippen molar-refractivity contribution in [3.63, 3.8) is 0 Å². The van der Waals surface area contributed by atoms with Crippen molar-refractivity contribution in [1.29, 1.82) is 0 Å². The van der Waals surface area contributed by atoms with Gasteiger partial charge < -0.3 is 0 Å². The van der Waals surface area contributed by atoms with Crippen molar-refractivity contribution in [3.05, 3.63) is 70.0 Å². The summed E-state index contributed by atoms with van der Waals surface area (Å²) in [6.07, 6.45) is 0.921. The number of aryl methyl sites for hydroxylation is 1. The normalized spacial score (nSPS) is 10.8. The Hall–Kier alpha value is -2.82. The molecule has 1 heterocycles. The Bertz CT molecular complexity index is 882. The van der Waals surface area contributed by atoms with Crippen LogP contribution in [-0.4, -0.2) is 20.8 Å². The molecule has 0 saturated carbocycles. The number of nitrogens with zero attached hydrogens (tertiary/aromatic N) is 3. The van der Waals surface area contributed by atoms with Crippen molar-refractivity contribution in [2.24, 2.45) is 0 Å². The number of aromatic nitrogens is 3. The third kappa shape index (κ3) is 2.65. The number of carbonyl (C=O) groups is 1. The molecule has 22 heavy (non-hydrogen) atoms. The quantitative estimate of drug-likeness (QED) is 0.692. The number of hydrogen-bond acceptors (Lipinski definition) is 4. The van der Waals surface area contributed by atoms with E-state index in [2.05, 4.69) is 17.2 Å². The Labute approximate surface area is 127 Å². The van der Waals surface area contributed by atoms with E-state index in [1.54, 1.807) is 36.4 Å². The van der Waals surface area contributed by atoms with Crippen LogP contribution < -0.4 is 5.56 Å². The molecule has 0 spiro atoms. The first-order valence-electron chi connectivity index (χ1n) is 7.13. The van der Waals surface area contributed by atoms with Crippen LogP contribution in [-0.2, 0) is 13.0 Å². The highest BCUT2D eigenvalue weighted by atomic mass is 16.1. The average molecular weight is 293 g/mol. The van der Waals surface area contributed by atoms with Crippen LogP contribution in [0.5, 0.6) is 0 Å². The Morgan fingerprint density at radius 2 is 1.82 bits per heavy atom. The van der Waals surface area contributed by atoms with E-state index in [9.17, 15) is 9.59 Å². The summed E-state index contributed by atoms with van der Waals surface area (Å²) >= 11 is 0. The van der Waals surface area contributed by atoms with Gasteiger partial charge in [0, 0.05) is 5.56 Å². The van der Waals surface area contributed by atoms with E-state index in [1.807, 2.05) is 12.1 Å². The Morgan fingerprint density at radius 3 is 2.55 bits per heavy atom. The summed E-state index contributed by atoms with van der Waals surface area (Å²) < 4.78 is 1.11. The summed E-state index contributed by atoms with van der Waals surface area (Å²) in [5, 5.41) is 8.28. The smallest absolute Gasteiger partial charge is 0.278 e. The number of hydrogen-bond donors (Lipinski definition) is 0. The van der Waals surface area contributed by atoms with Crippen molar-refractivity contribution in [2.45, 2.75) is 19.9 Å². The lowest BCUT2D eigenvalue weighted by molar-refractivity contribution is 0.0964. The lowest BCUT2D eigenvalue weighted by atomic mass is 10.1. The maximum atomic E-state index is 12.3. The monoisotopic (exact) mass is 293 g/mol. The van der Waals surface area contributed by atoms with E-state index < -0.39 is 0 Å². The zero-order chi connectivity index (χ0) is 15.5. The molecule has 0 amide bonds. The average Bonchev–Trinajstić information content (AvgIpc) is 2.57. The van der Waals surface area contributed by atoms with E-state index >= 15 is 0 Å². The third-order valence-electron chi connectivity index (χ3n) is 3.61. The Balaban J connectivity index is 1.90. The fourth-order valence-corrected chi connectivity index (χ4v) is 2.28. The summed E-state index contributed by atoms with van der Waals surface area (Å²) in [5.41, 5.74) is 1.96. The van der Waals surface area contributed by atoms with Gasteiger partial charge >= 0.3 is 0 Å². The van der Waals surface area contributed by atoms with Gasteiger partial charge in [0.25, 0.3) is 5.56 Å². The molecule has 5 heteroatoms. The van der Waals surface area contributed by atoms with E-state index in [4.69, 9.17) is 0 Å². The molecule has 0 fully saturated rings. The predicted molar refractivity (Wildman–Crippen MR) is 83.9 cm³/mol. The van der Waals surface area contributed by atoms with Gasteiger partial charge in [-0.3, -0.25) is 9.59 Å². The van der Waals surface area contributed by atoms with Crippen molar-refractivity contribution in [3.8, 4) is 0 Å². The van der Waals surface area contributed by atoms with Crippen molar-refractivity contribution >= 4 is 16.7 Å². The molecular weight excluding hydrogens is 278 g/mol. The lowest BCUT2D eigenvalue weighted by Crippen LogP contribution is -2.27. The van der Waals surface area contributed by atoms with Gasteiger partial charge in [-0.2, -0.15) is 0 Å². The first-order chi connectivity index (χ1) is 10.7. The number of fused-ring (bicyclic) bond motifs is 1. The van der Waals surface area contributed by atoms with Gasteiger partial charge in [0.2, 0.25) is 0 Å². The van der Waals surface area contributed by atoms with E-state index in [0.29, 0.717) is 16.5 Å². The van der Waals surface area contributed by atoms with E-state index in [-0.39, 0.29) is 17.9 Å². The zero-order valence-electron chi connectivity index (χ0n) is 12.2. The molecule has 0 saturated heterocycles. The highest BCUT2D eigenvalue weighted by Gasteiger charge is 2.11. The van der Waals surface area contributed by atoms with Crippen LogP contribution in [0, 0.1) is 0 Å². The summed E-state index contributed by atoms with van der Waals surface area (Å²) in [5.74, 6) is -0.158. The topological polar surface area (TPSA) is 64.8 Å². The SMILES string of the molecule is CCc1ccc(C(=O)Cn2nnc3ccccc3c2=O)cc1. The first kappa shape index (κ1) is 14.1. The van der Waals surface area contributed by atoms with Gasteiger partial charge in [0.15, 0.2) is 5.78 Å². The van der Waals surface area contributed by atoms with Crippen molar-refractivity contribution < 1.29 is 4.79 Å². The van der Waals surface area contributed by atoms with E-state index in [1.165, 1.54) is 5.56 Å². The van der Waals surface area contributed by atoms with E-state index in [0.717, 1.165) is 11.1 Å². The maximum Gasteiger partial charge on any atom is 0.278 e. The van der Waals surface area contributed by atoms with Gasteiger partial charge in [-0.15, -0.1) is 5.10 Å². The molecule has 0 aliphatic carbocycles. The first-order valence-corrected chi connectivity index (χ1v) is 7.13. The maximum absolute atomic E-state index is 12.3. The molecule has 1 aromatic heterocycles. The summed E-state index contributed by atoms with van der Waals surface area (Å²) in [7, 11) is 0. The standard InChI is InChI=1S/C17H15N3O2/c1-2-12-7-9-13(10-8-12)16(21)11-20-17(22)14-5-3-4-6-15(14)18-19-20/h3-10H,2,11H2,1H3. The molecule has 0 aliphatic rings. The molecule has 5 nitrogen and oxygen atoms in total. The third-order valence-corrected chi connectivity index (χ3v) is 3.61. The largest absolute Gasteiger partial charge is 0.292 e. The minimum atomic E-state index is -0.302. The Morgan fingerprint density at radius 1 is 1.09 bits per heavy atom. The second-order valence-corrected chi connectivity index (χ2v) is 5.04. The molecule has 3 rings (SSSR count). The van der Waals surface area contributed by atoms with Crippen molar-refractivity contribution in [2.75, 3.05) is 0 Å². The fourth-order valence-electron chi connectivity index (χ4n) is 2.28. The highest BCUT2D eigenvalue weighted by Crippen LogP contribution is 2.07. The molecule has 0 atom stereocenters. The molecular formula is C17H15N3O2. The summed E-state index contributed by atoms with van der Waals surface area (Å²) in [4.78, 5) is 24.6. The van der Waals surface area contributed by atoms with Gasteiger partial charge in [-0.25, -0.2) is 4.68 Å². The molecule has 110 valence electrons. The lowest BCUT2D eigenvalue weighted by Gasteiger charge is -2.05. The molecule has 0 unspecified atom stereocenters. The fraction of sp³-hybridized carbons (Fsp3) is 0.176. The number of benzene rings is 2. The van der Waals surface area contributed by atoms with Crippen LogP contribution in [0.3, 0.4) is 0 Å². The second-order valence-electron chi connectivity index (χ2n) is 5.04. The number of carbonyl (C=O) groups excluding carboxylic acids is 1. The second kappa shape index (κ2) is 5.89. The molecule has 0 aliphatic heterocycles. The van der Waals surface area contributed by atoms with Crippen LogP contribution in [0.15, 0.2) is 53.3 Å². The molecule has 0 bridgehead atoms. The number of rotatable bonds is 4. The van der Waals surface area contributed by atoms with Gasteiger partial charge in [0.1, 0.15) is 12.1 Å². The van der Waals surface area contributed by atoms with Crippen molar-refractivity contribution in [1.82, 2.24) is 15.0 Å². The number of Topliss-reactive ketones (excluding diaryl/α,β-unsaturated/α-hetero) is 1. The minimum absolute atomic E-state index is 0.109. The molecule has 3 aromatic rings. The summed E-state index contributed by atoms with van der Waals surface area (Å²) in [6.45, 7) is 1.95. The Kier molecular flexibility index (Phi) is 3.78. The molecule has 2 aromatic carbocycles. The molecule has 0 radical (unpaired) electrons. The van der Waals surface area contributed by atoms with Gasteiger partial charge in [-0.05, 0) is 24.1 Å². The van der Waals surface area contributed by atoms with Gasteiger partial charge in [-0.1, -0.05) is 48.5 Å². The zero-order valence-corrected chi connectivity index (χ0v) is 12.2. The van der Waals surface area contributed by atoms with Crippen LogP contribution in [0.4, 0.5) is 0 Å². The summed E-state index contributed by atoms with van der Waals surface area (Å²) in [6, 6.07) is 14.4. The van der Waals surface area contributed by atoms with Crippen LogP contribution in [0.2, 0.25) is 0 Å². The molecule has 0 N–H and O–H groups in total.